The number of guanidine groups is 1. The summed E-state index contributed by atoms with van der Waals surface area (Å²) in [6.45, 7) is 4.51. The average molecular weight is 564 g/mol. The van der Waals surface area contributed by atoms with Crippen molar-refractivity contribution in [3.8, 4) is 0 Å². The van der Waals surface area contributed by atoms with Gasteiger partial charge in [-0.15, -0.1) is 24.0 Å². The highest BCUT2D eigenvalue weighted by Gasteiger charge is 2.31. The zero-order chi connectivity index (χ0) is 21.5. The maximum absolute atomic E-state index is 12.3. The monoisotopic (exact) mass is 563 g/mol. The Balaban J connectivity index is 0.00000341. The molecule has 3 rings (SSSR count). The van der Waals surface area contributed by atoms with Gasteiger partial charge in [-0.3, -0.25) is 14.7 Å². The first kappa shape index (κ1) is 25.9. The second kappa shape index (κ2) is 12.6. The quantitative estimate of drug-likeness (QED) is 0.229. The molecule has 8 nitrogen and oxygen atoms in total. The van der Waals surface area contributed by atoms with Crippen LogP contribution in [0.1, 0.15) is 25.7 Å². The van der Waals surface area contributed by atoms with Crippen LogP contribution in [0.4, 0.5) is 5.82 Å². The van der Waals surface area contributed by atoms with Crippen LogP contribution in [-0.4, -0.2) is 92.6 Å². The topological polar surface area (TPSA) is 76.1 Å². The molecule has 2 N–H and O–H groups in total. The van der Waals surface area contributed by atoms with Gasteiger partial charge in [0.05, 0.1) is 11.1 Å². The lowest BCUT2D eigenvalue weighted by molar-refractivity contribution is -0.133. The molecule has 0 aliphatic carbocycles. The number of carbonyl (C=O) groups is 1. The largest absolute Gasteiger partial charge is 0.356 e. The van der Waals surface area contributed by atoms with Gasteiger partial charge in [0.25, 0.3) is 0 Å². The fourth-order valence-corrected chi connectivity index (χ4v) is 4.47. The van der Waals surface area contributed by atoms with Gasteiger partial charge in [0, 0.05) is 59.6 Å². The first-order valence-electron chi connectivity index (χ1n) is 10.8. The van der Waals surface area contributed by atoms with Crippen molar-refractivity contribution in [2.75, 3.05) is 58.8 Å². The highest BCUT2D eigenvalue weighted by molar-refractivity contribution is 14.0. The number of anilines is 1. The number of carbonyl (C=O) groups excluding carboxylic acids is 1. The second-order valence-electron chi connectivity index (χ2n) is 8.16. The predicted octanol–water partition coefficient (Wildman–Crippen LogP) is 2.04. The first-order chi connectivity index (χ1) is 14.5. The van der Waals surface area contributed by atoms with Gasteiger partial charge in [-0.05, 0) is 44.4 Å². The molecule has 10 heteroatoms. The van der Waals surface area contributed by atoms with Gasteiger partial charge in [-0.2, -0.15) is 0 Å². The number of hydrogen-bond acceptors (Lipinski definition) is 5. The molecule has 0 radical (unpaired) electrons. The molecule has 0 bridgehead atoms. The molecule has 2 aliphatic heterocycles. The van der Waals surface area contributed by atoms with E-state index in [9.17, 15) is 4.79 Å². The number of likely N-dealkylation sites (tertiary alicyclic amines) is 1. The number of pyridine rings is 1. The van der Waals surface area contributed by atoms with E-state index in [-0.39, 0.29) is 35.9 Å². The third kappa shape index (κ3) is 7.08. The van der Waals surface area contributed by atoms with Crippen molar-refractivity contribution in [1.29, 1.82) is 0 Å². The summed E-state index contributed by atoms with van der Waals surface area (Å²) in [7, 11) is 5.47. The van der Waals surface area contributed by atoms with Crippen LogP contribution in [0.3, 0.4) is 0 Å². The number of hydrogen-bond donors (Lipinski definition) is 2. The molecule has 3 heterocycles. The lowest BCUT2D eigenvalue weighted by atomic mass is 10.2. The van der Waals surface area contributed by atoms with E-state index >= 15 is 0 Å². The van der Waals surface area contributed by atoms with Crippen molar-refractivity contribution < 1.29 is 4.79 Å². The molecule has 1 aromatic heterocycles. The molecule has 0 saturated carbocycles. The standard InChI is InChI=1S/C21H34ClN7O.HI/c1-23-21(25-11-6-13-28-12-5-8-18(28)20(30)27(2)3)26-16-9-14-29(15-16)19-17(22)7-4-10-24-19;/h4,7,10,16,18H,5-6,8-9,11-15H2,1-3H3,(H2,23,25,26);1H. The molecule has 0 aromatic carbocycles. The first-order valence-corrected chi connectivity index (χ1v) is 11.1. The predicted molar refractivity (Wildman–Crippen MR) is 138 cm³/mol. The number of likely N-dealkylation sites (N-methyl/N-ethyl adjacent to an activating group) is 1. The number of aliphatic imine (C=N–C) groups is 1. The summed E-state index contributed by atoms with van der Waals surface area (Å²) in [6.07, 6.45) is 5.82. The Labute approximate surface area is 207 Å². The van der Waals surface area contributed by atoms with Crippen molar-refractivity contribution in [2.45, 2.75) is 37.8 Å². The van der Waals surface area contributed by atoms with Crippen LogP contribution in [-0.2, 0) is 4.79 Å². The molecule has 2 unspecified atom stereocenters. The summed E-state index contributed by atoms with van der Waals surface area (Å²) in [5, 5.41) is 7.61. The number of amides is 1. The van der Waals surface area contributed by atoms with E-state index in [0.29, 0.717) is 11.1 Å². The zero-order valence-corrected chi connectivity index (χ0v) is 21.8. The summed E-state index contributed by atoms with van der Waals surface area (Å²) in [6, 6.07) is 4.07. The molecule has 31 heavy (non-hydrogen) atoms. The van der Waals surface area contributed by atoms with Gasteiger partial charge in [0.2, 0.25) is 5.91 Å². The van der Waals surface area contributed by atoms with Gasteiger partial charge in [-0.1, -0.05) is 11.6 Å². The zero-order valence-electron chi connectivity index (χ0n) is 18.7. The third-order valence-electron chi connectivity index (χ3n) is 5.80. The molecule has 2 fully saturated rings. The Morgan fingerprint density at radius 1 is 1.35 bits per heavy atom. The summed E-state index contributed by atoms with van der Waals surface area (Å²) < 4.78 is 0. The highest BCUT2D eigenvalue weighted by atomic mass is 127. The maximum Gasteiger partial charge on any atom is 0.239 e. The van der Waals surface area contributed by atoms with E-state index in [1.54, 1.807) is 18.1 Å². The third-order valence-corrected chi connectivity index (χ3v) is 6.09. The van der Waals surface area contributed by atoms with E-state index in [1.807, 2.05) is 26.2 Å². The van der Waals surface area contributed by atoms with Crippen LogP contribution in [0.2, 0.25) is 5.02 Å². The maximum atomic E-state index is 12.3. The van der Waals surface area contributed by atoms with E-state index in [4.69, 9.17) is 11.6 Å². The van der Waals surface area contributed by atoms with Gasteiger partial charge in [0.15, 0.2) is 5.96 Å². The number of nitrogens with one attached hydrogen (secondary N) is 2. The summed E-state index contributed by atoms with van der Waals surface area (Å²) in [4.78, 5) is 27.3. The van der Waals surface area contributed by atoms with Crippen molar-refractivity contribution in [1.82, 2.24) is 25.4 Å². The normalized spacial score (nSPS) is 21.7. The van der Waals surface area contributed by atoms with Gasteiger partial charge in [0.1, 0.15) is 5.82 Å². The van der Waals surface area contributed by atoms with Crippen LogP contribution in [0, 0.1) is 0 Å². The Hall–Kier alpha value is -1.33. The Morgan fingerprint density at radius 3 is 2.87 bits per heavy atom. The van der Waals surface area contributed by atoms with E-state index < -0.39 is 0 Å². The molecule has 174 valence electrons. The molecule has 2 saturated heterocycles. The van der Waals surface area contributed by atoms with Gasteiger partial charge in [-0.25, -0.2) is 4.98 Å². The van der Waals surface area contributed by atoms with Crippen molar-refractivity contribution in [3.63, 3.8) is 0 Å². The highest BCUT2D eigenvalue weighted by Crippen LogP contribution is 2.25. The fraction of sp³-hybridized carbons (Fsp3) is 0.667. The second-order valence-corrected chi connectivity index (χ2v) is 8.57. The Bertz CT molecular complexity index is 748. The summed E-state index contributed by atoms with van der Waals surface area (Å²) in [5.41, 5.74) is 0. The Morgan fingerprint density at radius 2 is 2.16 bits per heavy atom. The molecular weight excluding hydrogens is 529 g/mol. The van der Waals surface area contributed by atoms with Gasteiger partial charge >= 0.3 is 0 Å². The van der Waals surface area contributed by atoms with E-state index in [0.717, 1.165) is 70.2 Å². The molecular formula is C21H35ClIN7O. The molecule has 2 aliphatic rings. The SMILES string of the molecule is CN=C(NCCCN1CCCC1C(=O)N(C)C)NC1CCN(c2ncccc2Cl)C1.I. The number of nitrogens with zero attached hydrogens (tertiary/aromatic N) is 5. The lowest BCUT2D eigenvalue weighted by Gasteiger charge is -2.26. The van der Waals surface area contributed by atoms with Crippen LogP contribution < -0.4 is 15.5 Å². The van der Waals surface area contributed by atoms with E-state index in [2.05, 4.69) is 30.4 Å². The minimum atomic E-state index is 0. The lowest BCUT2D eigenvalue weighted by Crippen LogP contribution is -2.46. The van der Waals surface area contributed by atoms with E-state index in [1.165, 1.54) is 0 Å². The molecule has 2 atom stereocenters. The van der Waals surface area contributed by atoms with Crippen LogP contribution in [0.15, 0.2) is 23.3 Å². The smallest absolute Gasteiger partial charge is 0.239 e. The van der Waals surface area contributed by atoms with Gasteiger partial charge < -0.3 is 20.4 Å². The minimum absolute atomic E-state index is 0. The van der Waals surface area contributed by atoms with Crippen molar-refractivity contribution in [3.05, 3.63) is 23.4 Å². The van der Waals surface area contributed by atoms with Crippen molar-refractivity contribution >= 4 is 53.3 Å². The van der Waals surface area contributed by atoms with Crippen LogP contribution >= 0.6 is 35.6 Å². The minimum Gasteiger partial charge on any atom is -0.356 e. The number of rotatable bonds is 7. The number of aromatic nitrogens is 1. The summed E-state index contributed by atoms with van der Waals surface area (Å²) in [5.74, 6) is 1.88. The Kier molecular flexibility index (Phi) is 10.6. The average Bonchev–Trinajstić information content (AvgIpc) is 3.39. The summed E-state index contributed by atoms with van der Waals surface area (Å²) >= 11 is 6.28. The molecule has 1 amide bonds. The molecule has 1 aromatic rings. The van der Waals surface area contributed by atoms with Crippen molar-refractivity contribution in [2.24, 2.45) is 4.99 Å². The van der Waals surface area contributed by atoms with Crippen LogP contribution in [0.5, 0.6) is 0 Å². The van der Waals surface area contributed by atoms with Crippen LogP contribution in [0.25, 0.3) is 0 Å². The number of halogens is 2. The molecule has 0 spiro atoms. The fourth-order valence-electron chi connectivity index (χ4n) is 4.23.